The molecule has 9 heteroatoms. The minimum Gasteiger partial charge on any atom is -0.342 e. The molecule has 3 heterocycles. The summed E-state index contributed by atoms with van der Waals surface area (Å²) in [5, 5.41) is 0. The highest BCUT2D eigenvalue weighted by Crippen LogP contribution is 2.25. The number of aryl methyl sites for hydroxylation is 1. The molecule has 1 unspecified atom stereocenters. The number of rotatable bonds is 7. The van der Waals surface area contributed by atoms with Crippen LogP contribution in [0, 0.1) is 17.8 Å². The summed E-state index contributed by atoms with van der Waals surface area (Å²) < 4.78 is 4.57. The van der Waals surface area contributed by atoms with E-state index < -0.39 is 5.69 Å². The summed E-state index contributed by atoms with van der Waals surface area (Å²) in [5.74, 6) is 7.24. The summed E-state index contributed by atoms with van der Waals surface area (Å²) in [4.78, 5) is 42.1. The van der Waals surface area contributed by atoms with Gasteiger partial charge in [0.1, 0.15) is 0 Å². The van der Waals surface area contributed by atoms with Gasteiger partial charge in [0, 0.05) is 31.9 Å². The monoisotopic (exact) mass is 475 g/mol. The summed E-state index contributed by atoms with van der Waals surface area (Å²) in [7, 11) is 1.66. The van der Waals surface area contributed by atoms with E-state index in [1.54, 1.807) is 20.2 Å². The van der Waals surface area contributed by atoms with Gasteiger partial charge in [0.25, 0.3) is 5.56 Å². The smallest absolute Gasteiger partial charge is 0.332 e. The molecule has 2 aliphatic rings. The van der Waals surface area contributed by atoms with E-state index in [-0.39, 0.29) is 12.1 Å². The van der Waals surface area contributed by atoms with E-state index in [1.807, 2.05) is 10.6 Å². The largest absolute Gasteiger partial charge is 0.342 e. The minimum atomic E-state index is -0.396. The molecule has 184 valence electrons. The van der Waals surface area contributed by atoms with Crippen molar-refractivity contribution in [3.05, 3.63) is 44.3 Å². The highest BCUT2D eigenvalue weighted by atomic mass is 16.2. The number of aromatic nitrogens is 4. The molecule has 35 heavy (non-hydrogen) atoms. The Morgan fingerprint density at radius 2 is 2.06 bits per heavy atom. The summed E-state index contributed by atoms with van der Waals surface area (Å²) in [6.07, 6.45) is 9.95. The molecular weight excluding hydrogens is 442 g/mol. The van der Waals surface area contributed by atoms with Gasteiger partial charge in [0.05, 0.1) is 25.3 Å². The molecule has 4 rings (SSSR count). The summed E-state index contributed by atoms with van der Waals surface area (Å²) in [6.45, 7) is 10.2. The van der Waals surface area contributed by atoms with Crippen molar-refractivity contribution in [2.24, 2.45) is 23.0 Å². The molecule has 1 fully saturated rings. The molecule has 1 atom stereocenters. The van der Waals surface area contributed by atoms with Crippen LogP contribution in [-0.4, -0.2) is 51.3 Å². The highest BCUT2D eigenvalue weighted by molar-refractivity contribution is 5.85. The Labute approximate surface area is 205 Å². The molecule has 2 aromatic rings. The number of aliphatic imine (C=N–C) groups is 2. The molecular formula is C26H33N7O2. The van der Waals surface area contributed by atoms with Crippen molar-refractivity contribution >= 4 is 30.0 Å². The maximum atomic E-state index is 13.6. The van der Waals surface area contributed by atoms with Crippen molar-refractivity contribution in [2.75, 3.05) is 24.5 Å². The second-order valence-corrected chi connectivity index (χ2v) is 9.11. The lowest BCUT2D eigenvalue weighted by atomic mass is 10.0. The van der Waals surface area contributed by atoms with Gasteiger partial charge >= 0.3 is 5.69 Å². The van der Waals surface area contributed by atoms with Gasteiger partial charge in [-0.05, 0) is 45.2 Å². The number of hydrogen-bond acceptors (Lipinski definition) is 6. The lowest BCUT2D eigenvalue weighted by Crippen LogP contribution is -2.40. The van der Waals surface area contributed by atoms with Gasteiger partial charge in [0.2, 0.25) is 5.95 Å². The van der Waals surface area contributed by atoms with Crippen molar-refractivity contribution in [1.29, 1.82) is 0 Å². The fourth-order valence-electron chi connectivity index (χ4n) is 4.75. The summed E-state index contributed by atoms with van der Waals surface area (Å²) in [6, 6.07) is 0. The number of piperidine rings is 1. The van der Waals surface area contributed by atoms with Crippen LogP contribution >= 0.6 is 0 Å². The maximum Gasteiger partial charge on any atom is 0.332 e. The van der Waals surface area contributed by atoms with Crippen LogP contribution in [0.15, 0.2) is 43.0 Å². The third kappa shape index (κ3) is 4.92. The number of anilines is 1. The molecule has 0 amide bonds. The van der Waals surface area contributed by atoms with Crippen LogP contribution in [0.3, 0.4) is 0 Å². The van der Waals surface area contributed by atoms with E-state index in [9.17, 15) is 9.59 Å². The molecule has 0 N–H and O–H groups in total. The van der Waals surface area contributed by atoms with Gasteiger partial charge in [-0.25, -0.2) is 4.79 Å². The second kappa shape index (κ2) is 10.7. The average Bonchev–Trinajstić information content (AvgIpc) is 3.25. The SMILES string of the molecule is C=NC1=CCCC=C1/C=N\CCn1c(=O)c2c(nc(N3CCCC(C)C3)n2CC#CC)n(C)c1=O. The van der Waals surface area contributed by atoms with Crippen molar-refractivity contribution < 1.29 is 0 Å². The van der Waals surface area contributed by atoms with Crippen LogP contribution in [0.2, 0.25) is 0 Å². The van der Waals surface area contributed by atoms with E-state index in [2.05, 4.69) is 46.4 Å². The Balaban J connectivity index is 1.70. The Hall–Kier alpha value is -3.67. The molecule has 0 aromatic carbocycles. The minimum absolute atomic E-state index is 0.173. The van der Waals surface area contributed by atoms with E-state index in [4.69, 9.17) is 4.98 Å². The highest BCUT2D eigenvalue weighted by Gasteiger charge is 2.25. The van der Waals surface area contributed by atoms with Gasteiger partial charge in [-0.2, -0.15) is 4.98 Å². The van der Waals surface area contributed by atoms with Gasteiger partial charge in [-0.15, -0.1) is 5.92 Å². The first-order chi connectivity index (χ1) is 17.0. The first kappa shape index (κ1) is 24.5. The summed E-state index contributed by atoms with van der Waals surface area (Å²) >= 11 is 0. The van der Waals surface area contributed by atoms with Crippen molar-refractivity contribution in [1.82, 2.24) is 18.7 Å². The molecule has 0 spiro atoms. The predicted molar refractivity (Wildman–Crippen MR) is 142 cm³/mol. The van der Waals surface area contributed by atoms with Gasteiger partial charge in [0.15, 0.2) is 11.2 Å². The Kier molecular flexibility index (Phi) is 7.49. The van der Waals surface area contributed by atoms with Crippen molar-refractivity contribution in [3.63, 3.8) is 0 Å². The molecule has 2 aromatic heterocycles. The standard InChI is InChI=1S/C26H33N7O2/c1-5-6-15-32-22-23(29-25(32)31-14-9-10-19(2)18-31)30(4)26(35)33(24(22)34)16-13-28-17-20-11-7-8-12-21(20)27-3/h11-12,17,19H,3,7-10,13-16,18H2,1-2,4H3/b28-17-. The molecule has 1 saturated heterocycles. The number of imidazole rings is 1. The Bertz CT molecular complexity index is 1390. The zero-order valence-corrected chi connectivity index (χ0v) is 20.8. The first-order valence-electron chi connectivity index (χ1n) is 12.2. The van der Waals surface area contributed by atoms with Crippen LogP contribution in [0.25, 0.3) is 11.2 Å². The number of fused-ring (bicyclic) bond motifs is 1. The molecule has 9 nitrogen and oxygen atoms in total. The normalized spacial score (nSPS) is 18.4. The van der Waals surface area contributed by atoms with Gasteiger partial charge < -0.3 is 4.90 Å². The molecule has 1 aliphatic heterocycles. The van der Waals surface area contributed by atoms with Crippen LogP contribution in [-0.2, 0) is 20.1 Å². The topological polar surface area (TPSA) is 89.8 Å². The Morgan fingerprint density at radius 3 is 2.80 bits per heavy atom. The van der Waals surface area contributed by atoms with Crippen molar-refractivity contribution in [2.45, 2.75) is 52.6 Å². The van der Waals surface area contributed by atoms with Gasteiger partial charge in [-0.1, -0.05) is 25.0 Å². The third-order valence-corrected chi connectivity index (χ3v) is 6.58. The predicted octanol–water partition coefficient (Wildman–Crippen LogP) is 2.53. The zero-order valence-electron chi connectivity index (χ0n) is 20.8. The molecule has 0 bridgehead atoms. The maximum absolute atomic E-state index is 13.6. The van der Waals surface area contributed by atoms with Crippen LogP contribution in [0.1, 0.15) is 39.5 Å². The third-order valence-electron chi connectivity index (χ3n) is 6.58. The second-order valence-electron chi connectivity index (χ2n) is 9.11. The average molecular weight is 476 g/mol. The van der Waals surface area contributed by atoms with Crippen LogP contribution in [0.5, 0.6) is 0 Å². The number of nitrogens with zero attached hydrogens (tertiary/aromatic N) is 7. The molecule has 0 saturated carbocycles. The van der Waals surface area contributed by atoms with E-state index in [1.165, 1.54) is 15.6 Å². The lowest BCUT2D eigenvalue weighted by Gasteiger charge is -2.31. The zero-order chi connectivity index (χ0) is 24.9. The van der Waals surface area contributed by atoms with Crippen LogP contribution < -0.4 is 16.1 Å². The quantitative estimate of drug-likeness (QED) is 0.455. The number of allylic oxidation sites excluding steroid dienone is 3. The van der Waals surface area contributed by atoms with Crippen molar-refractivity contribution in [3.8, 4) is 11.8 Å². The molecule has 0 radical (unpaired) electrons. The fraction of sp³-hybridized carbons (Fsp3) is 0.500. The number of hydrogen-bond donors (Lipinski definition) is 0. The van der Waals surface area contributed by atoms with Crippen LogP contribution in [0.4, 0.5) is 5.95 Å². The van der Waals surface area contributed by atoms with E-state index >= 15 is 0 Å². The Morgan fingerprint density at radius 1 is 1.26 bits per heavy atom. The lowest BCUT2D eigenvalue weighted by molar-refractivity contribution is 0.439. The first-order valence-corrected chi connectivity index (χ1v) is 12.2. The molecule has 1 aliphatic carbocycles. The van der Waals surface area contributed by atoms with E-state index in [0.29, 0.717) is 36.1 Å². The summed E-state index contributed by atoms with van der Waals surface area (Å²) in [5.41, 5.74) is 1.78. The van der Waals surface area contributed by atoms with Gasteiger partial charge in [-0.3, -0.25) is 28.5 Å². The fourth-order valence-corrected chi connectivity index (χ4v) is 4.75. The van der Waals surface area contributed by atoms with E-state index in [0.717, 1.165) is 43.6 Å².